The number of phenols is 2. The van der Waals surface area contributed by atoms with Crippen LogP contribution in [-0.4, -0.2) is 16.0 Å². The molecule has 3 heteroatoms. The highest BCUT2D eigenvalue weighted by Crippen LogP contribution is 2.55. The quantitative estimate of drug-likeness (QED) is 0.779. The van der Waals surface area contributed by atoms with Gasteiger partial charge in [0.15, 0.2) is 5.78 Å². The molecule has 2 unspecified atom stereocenters. The summed E-state index contributed by atoms with van der Waals surface area (Å²) in [4.78, 5) is 13.0. The van der Waals surface area contributed by atoms with E-state index < -0.39 is 5.41 Å². The zero-order valence-electron chi connectivity index (χ0n) is 11.8. The van der Waals surface area contributed by atoms with E-state index in [1.807, 2.05) is 6.07 Å². The Labute approximate surface area is 122 Å². The predicted octanol–water partition coefficient (Wildman–Crippen LogP) is 3.18. The fourth-order valence-corrected chi connectivity index (χ4v) is 4.04. The molecule has 0 radical (unpaired) electrons. The van der Waals surface area contributed by atoms with E-state index in [4.69, 9.17) is 0 Å². The Hall–Kier alpha value is -2.29. The van der Waals surface area contributed by atoms with E-state index in [9.17, 15) is 15.0 Å². The summed E-state index contributed by atoms with van der Waals surface area (Å²) in [5.41, 5.74) is 3.43. The summed E-state index contributed by atoms with van der Waals surface area (Å²) in [6.07, 6.45) is 1.37. The first kappa shape index (κ1) is 12.5. The molecule has 1 spiro atoms. The molecule has 2 aliphatic carbocycles. The van der Waals surface area contributed by atoms with Crippen molar-refractivity contribution in [3.8, 4) is 11.5 Å². The van der Waals surface area contributed by atoms with Crippen LogP contribution < -0.4 is 0 Å². The molecule has 0 bridgehead atoms. The maximum Gasteiger partial charge on any atom is 0.170 e. The van der Waals surface area contributed by atoms with E-state index in [-0.39, 0.29) is 23.2 Å². The van der Waals surface area contributed by atoms with Gasteiger partial charge in [0.05, 0.1) is 0 Å². The van der Waals surface area contributed by atoms with Gasteiger partial charge in [-0.1, -0.05) is 13.0 Å². The number of carbonyl (C=O) groups is 1. The smallest absolute Gasteiger partial charge is 0.170 e. The Morgan fingerprint density at radius 2 is 1.67 bits per heavy atom. The molecule has 2 aliphatic rings. The SMILES string of the molecule is CC1c2cc(O)ccc2C(=O)C12Cc1ccc(O)cc1C2. The van der Waals surface area contributed by atoms with Gasteiger partial charge in [0.25, 0.3) is 0 Å². The predicted molar refractivity (Wildman–Crippen MR) is 78.8 cm³/mol. The highest BCUT2D eigenvalue weighted by Gasteiger charge is 2.53. The first-order valence-corrected chi connectivity index (χ1v) is 7.20. The second-order valence-corrected chi connectivity index (χ2v) is 6.29. The van der Waals surface area contributed by atoms with Crippen molar-refractivity contribution in [1.82, 2.24) is 0 Å². The number of hydrogen-bond acceptors (Lipinski definition) is 3. The third kappa shape index (κ3) is 1.52. The second-order valence-electron chi connectivity index (χ2n) is 6.29. The summed E-state index contributed by atoms with van der Waals surface area (Å²) in [5, 5.41) is 19.3. The lowest BCUT2D eigenvalue weighted by Gasteiger charge is -2.27. The standard InChI is InChI=1S/C18H16O3/c1-10-16-7-14(20)4-5-15(16)17(21)18(10)8-11-2-3-13(19)6-12(11)9-18/h2-7,10,19-20H,8-9H2,1H3. The summed E-state index contributed by atoms with van der Waals surface area (Å²) in [5.74, 6) is 0.694. The van der Waals surface area contributed by atoms with Gasteiger partial charge >= 0.3 is 0 Å². The first-order valence-electron chi connectivity index (χ1n) is 7.20. The van der Waals surface area contributed by atoms with Gasteiger partial charge in [0.1, 0.15) is 11.5 Å². The molecule has 0 aliphatic heterocycles. The van der Waals surface area contributed by atoms with Crippen molar-refractivity contribution in [2.75, 3.05) is 0 Å². The van der Waals surface area contributed by atoms with Crippen molar-refractivity contribution in [2.45, 2.75) is 25.7 Å². The number of benzene rings is 2. The molecule has 0 fully saturated rings. The molecular weight excluding hydrogens is 264 g/mol. The Balaban J connectivity index is 1.84. The molecule has 0 amide bonds. The van der Waals surface area contributed by atoms with E-state index in [1.54, 1.807) is 30.3 Å². The number of rotatable bonds is 0. The van der Waals surface area contributed by atoms with Gasteiger partial charge in [-0.3, -0.25) is 4.79 Å². The molecule has 2 N–H and O–H groups in total. The fourth-order valence-electron chi connectivity index (χ4n) is 4.04. The average Bonchev–Trinajstić information content (AvgIpc) is 2.92. The van der Waals surface area contributed by atoms with Crippen molar-refractivity contribution >= 4 is 5.78 Å². The Morgan fingerprint density at radius 3 is 2.48 bits per heavy atom. The molecule has 0 saturated heterocycles. The van der Waals surface area contributed by atoms with Crippen LogP contribution in [0.15, 0.2) is 36.4 Å². The largest absolute Gasteiger partial charge is 0.508 e. The van der Waals surface area contributed by atoms with Gasteiger partial charge in [0.2, 0.25) is 0 Å². The first-order chi connectivity index (χ1) is 10.0. The van der Waals surface area contributed by atoms with Gasteiger partial charge in [-0.2, -0.15) is 0 Å². The minimum Gasteiger partial charge on any atom is -0.508 e. The Bertz CT molecular complexity index is 778. The summed E-state index contributed by atoms with van der Waals surface area (Å²) in [6, 6.07) is 10.4. The van der Waals surface area contributed by atoms with Crippen LogP contribution in [0.3, 0.4) is 0 Å². The minimum absolute atomic E-state index is 0.0710. The molecule has 0 heterocycles. The number of aromatic hydroxyl groups is 2. The Morgan fingerprint density at radius 1 is 1.00 bits per heavy atom. The summed E-state index contributed by atoms with van der Waals surface area (Å²) >= 11 is 0. The lowest BCUT2D eigenvalue weighted by molar-refractivity contribution is 0.0802. The number of hydrogen-bond donors (Lipinski definition) is 2. The Kier molecular flexibility index (Phi) is 2.30. The van der Waals surface area contributed by atoms with Gasteiger partial charge in [-0.05, 0) is 65.8 Å². The number of Topliss-reactive ketones (excluding diaryl/α,β-unsaturated/α-hetero) is 1. The summed E-state index contributed by atoms with van der Waals surface area (Å²) in [7, 11) is 0. The molecule has 0 saturated carbocycles. The minimum atomic E-state index is -0.452. The molecule has 0 aromatic heterocycles. The topological polar surface area (TPSA) is 57.5 Å². The van der Waals surface area contributed by atoms with Crippen molar-refractivity contribution in [3.63, 3.8) is 0 Å². The van der Waals surface area contributed by atoms with Gasteiger partial charge < -0.3 is 10.2 Å². The fraction of sp³-hybridized carbons (Fsp3) is 0.278. The van der Waals surface area contributed by atoms with Crippen LogP contribution in [0.1, 0.15) is 39.9 Å². The normalized spacial score (nSPS) is 26.1. The zero-order valence-corrected chi connectivity index (χ0v) is 11.8. The van der Waals surface area contributed by atoms with Crippen molar-refractivity contribution in [3.05, 3.63) is 58.7 Å². The van der Waals surface area contributed by atoms with Crippen LogP contribution in [0.4, 0.5) is 0 Å². The van der Waals surface area contributed by atoms with E-state index in [1.165, 1.54) is 0 Å². The maximum absolute atomic E-state index is 13.0. The monoisotopic (exact) mass is 280 g/mol. The highest BCUT2D eigenvalue weighted by molar-refractivity contribution is 6.06. The molecule has 106 valence electrons. The maximum atomic E-state index is 13.0. The molecule has 2 atom stereocenters. The van der Waals surface area contributed by atoms with Crippen LogP contribution in [0.5, 0.6) is 11.5 Å². The summed E-state index contributed by atoms with van der Waals surface area (Å²) < 4.78 is 0. The van der Waals surface area contributed by atoms with Gasteiger partial charge in [0, 0.05) is 11.0 Å². The zero-order chi connectivity index (χ0) is 14.8. The number of phenolic OH excluding ortho intramolecular Hbond substituents is 2. The van der Waals surface area contributed by atoms with Crippen LogP contribution in [-0.2, 0) is 12.8 Å². The van der Waals surface area contributed by atoms with Gasteiger partial charge in [-0.15, -0.1) is 0 Å². The van der Waals surface area contributed by atoms with E-state index in [0.29, 0.717) is 12.8 Å². The van der Waals surface area contributed by atoms with Crippen molar-refractivity contribution < 1.29 is 15.0 Å². The van der Waals surface area contributed by atoms with Crippen LogP contribution in [0.2, 0.25) is 0 Å². The van der Waals surface area contributed by atoms with Crippen LogP contribution in [0, 0.1) is 5.41 Å². The number of fused-ring (bicyclic) bond motifs is 2. The third-order valence-corrected chi connectivity index (χ3v) is 5.23. The summed E-state index contributed by atoms with van der Waals surface area (Å²) in [6.45, 7) is 2.06. The van der Waals surface area contributed by atoms with Gasteiger partial charge in [-0.25, -0.2) is 0 Å². The van der Waals surface area contributed by atoms with Crippen molar-refractivity contribution in [1.29, 1.82) is 0 Å². The van der Waals surface area contributed by atoms with E-state index in [2.05, 4.69) is 6.92 Å². The third-order valence-electron chi connectivity index (χ3n) is 5.23. The molecule has 2 aromatic rings. The molecule has 2 aromatic carbocycles. The van der Waals surface area contributed by atoms with Crippen molar-refractivity contribution in [2.24, 2.45) is 5.41 Å². The molecular formula is C18H16O3. The number of ketones is 1. The van der Waals surface area contributed by atoms with Crippen LogP contribution >= 0.6 is 0 Å². The average molecular weight is 280 g/mol. The lowest BCUT2D eigenvalue weighted by atomic mass is 9.74. The number of carbonyl (C=O) groups excluding carboxylic acids is 1. The molecule has 3 nitrogen and oxygen atoms in total. The second kappa shape index (κ2) is 3.88. The molecule has 4 rings (SSSR count). The van der Waals surface area contributed by atoms with Crippen LogP contribution in [0.25, 0.3) is 0 Å². The van der Waals surface area contributed by atoms with E-state index in [0.717, 1.165) is 22.3 Å². The molecule has 21 heavy (non-hydrogen) atoms. The lowest BCUT2D eigenvalue weighted by Crippen LogP contribution is -2.31. The highest BCUT2D eigenvalue weighted by atomic mass is 16.3. The van der Waals surface area contributed by atoms with E-state index >= 15 is 0 Å².